The third-order valence-corrected chi connectivity index (χ3v) is 5.31. The molecule has 1 aliphatic heterocycles. The minimum absolute atomic E-state index is 0.0769. The Hall–Kier alpha value is -2.64. The highest BCUT2D eigenvalue weighted by molar-refractivity contribution is 8.26. The van der Waals surface area contributed by atoms with Gasteiger partial charge in [0.05, 0.1) is 11.0 Å². The molecule has 2 aromatic carbocycles. The van der Waals surface area contributed by atoms with E-state index in [4.69, 9.17) is 17.0 Å². The van der Waals surface area contributed by atoms with Gasteiger partial charge in [0.2, 0.25) is 0 Å². The van der Waals surface area contributed by atoms with Crippen molar-refractivity contribution in [2.75, 3.05) is 0 Å². The molecule has 3 rings (SSSR count). The zero-order chi connectivity index (χ0) is 20.3. The summed E-state index contributed by atoms with van der Waals surface area (Å²) in [7, 11) is 0. The van der Waals surface area contributed by atoms with E-state index in [0.717, 1.165) is 23.1 Å². The number of nitrogens with zero attached hydrogens (tertiary/aromatic N) is 1. The van der Waals surface area contributed by atoms with Crippen LogP contribution in [-0.4, -0.2) is 32.3 Å². The minimum atomic E-state index is -1.15. The van der Waals surface area contributed by atoms with Gasteiger partial charge < -0.3 is 9.84 Å². The van der Waals surface area contributed by atoms with Crippen molar-refractivity contribution >= 4 is 46.3 Å². The molecule has 0 spiro atoms. The van der Waals surface area contributed by atoms with Crippen LogP contribution in [0.4, 0.5) is 0 Å². The largest absolute Gasteiger partial charge is 0.491 e. The fourth-order valence-electron chi connectivity index (χ4n) is 2.81. The normalized spacial score (nSPS) is 16.7. The van der Waals surface area contributed by atoms with E-state index in [1.807, 2.05) is 38.1 Å². The number of amides is 1. The Bertz CT molecular complexity index is 923. The molecule has 0 aromatic heterocycles. The molecule has 1 atom stereocenters. The van der Waals surface area contributed by atoms with Crippen molar-refractivity contribution in [1.29, 1.82) is 0 Å². The van der Waals surface area contributed by atoms with Crippen LogP contribution in [0.25, 0.3) is 6.08 Å². The van der Waals surface area contributed by atoms with Crippen molar-refractivity contribution in [2.45, 2.75) is 26.0 Å². The van der Waals surface area contributed by atoms with E-state index in [-0.39, 0.29) is 10.4 Å². The van der Waals surface area contributed by atoms with Gasteiger partial charge in [-0.2, -0.15) is 0 Å². The lowest BCUT2D eigenvalue weighted by atomic mass is 10.1. The third-order valence-electron chi connectivity index (χ3n) is 3.98. The zero-order valence-electron chi connectivity index (χ0n) is 15.4. The van der Waals surface area contributed by atoms with Gasteiger partial charge in [0.1, 0.15) is 10.1 Å². The van der Waals surface area contributed by atoms with Crippen LogP contribution in [-0.2, 0) is 9.59 Å². The number of carbonyl (C=O) groups excluding carboxylic acids is 1. The summed E-state index contributed by atoms with van der Waals surface area (Å²) in [6.45, 7) is 3.90. The number of carboxylic acid groups (broad SMARTS) is 1. The maximum atomic E-state index is 12.9. The van der Waals surface area contributed by atoms with E-state index in [0.29, 0.717) is 10.5 Å². The molecule has 0 saturated carbocycles. The molecule has 5 nitrogen and oxygen atoms in total. The molecular formula is C21H19NO4S2. The molecule has 2 aromatic rings. The van der Waals surface area contributed by atoms with Crippen molar-refractivity contribution < 1.29 is 19.4 Å². The second kappa shape index (κ2) is 8.58. The Morgan fingerprint density at radius 3 is 2.36 bits per heavy atom. The Balaban J connectivity index is 1.86. The number of aliphatic carboxylic acids is 1. The summed E-state index contributed by atoms with van der Waals surface area (Å²) < 4.78 is 5.84. The number of ether oxygens (including phenoxy) is 1. The monoisotopic (exact) mass is 413 g/mol. The molecule has 7 heteroatoms. The Morgan fingerprint density at radius 2 is 1.79 bits per heavy atom. The van der Waals surface area contributed by atoms with E-state index >= 15 is 0 Å². The minimum Gasteiger partial charge on any atom is -0.491 e. The Kier molecular flexibility index (Phi) is 6.16. The highest BCUT2D eigenvalue weighted by Crippen LogP contribution is 2.38. The van der Waals surface area contributed by atoms with E-state index in [9.17, 15) is 14.7 Å². The van der Waals surface area contributed by atoms with E-state index in [1.165, 1.54) is 4.90 Å². The molecule has 1 amide bonds. The smallest absolute Gasteiger partial charge is 0.331 e. The van der Waals surface area contributed by atoms with Gasteiger partial charge in [0.25, 0.3) is 5.91 Å². The van der Waals surface area contributed by atoms with E-state index in [2.05, 4.69) is 0 Å². The van der Waals surface area contributed by atoms with Gasteiger partial charge in [-0.05, 0) is 43.2 Å². The molecule has 1 saturated heterocycles. The topological polar surface area (TPSA) is 66.8 Å². The second-order valence-corrected chi connectivity index (χ2v) is 8.11. The number of benzene rings is 2. The molecule has 144 valence electrons. The zero-order valence-corrected chi connectivity index (χ0v) is 17.0. The van der Waals surface area contributed by atoms with Crippen LogP contribution in [0.15, 0.2) is 59.5 Å². The summed E-state index contributed by atoms with van der Waals surface area (Å²) >= 11 is 6.42. The fraction of sp³-hybridized carbons (Fsp3) is 0.190. The third kappa shape index (κ3) is 4.43. The van der Waals surface area contributed by atoms with Crippen molar-refractivity contribution in [2.24, 2.45) is 0 Å². The van der Waals surface area contributed by atoms with Crippen LogP contribution < -0.4 is 4.74 Å². The molecule has 0 aliphatic carbocycles. The first-order chi connectivity index (χ1) is 13.4. The van der Waals surface area contributed by atoms with Crippen molar-refractivity contribution in [3.8, 4) is 5.75 Å². The maximum Gasteiger partial charge on any atom is 0.331 e. The summed E-state index contributed by atoms with van der Waals surface area (Å²) in [5.74, 6) is -0.789. The van der Waals surface area contributed by atoms with Crippen molar-refractivity contribution in [3.05, 3.63) is 70.6 Å². The average Bonchev–Trinajstić information content (AvgIpc) is 2.91. The van der Waals surface area contributed by atoms with Crippen LogP contribution in [0.1, 0.15) is 31.0 Å². The van der Waals surface area contributed by atoms with E-state index < -0.39 is 17.9 Å². The first-order valence-electron chi connectivity index (χ1n) is 8.68. The molecule has 1 unspecified atom stereocenters. The summed E-state index contributed by atoms with van der Waals surface area (Å²) in [5, 5.41) is 9.70. The van der Waals surface area contributed by atoms with Gasteiger partial charge in [0.15, 0.2) is 6.04 Å². The van der Waals surface area contributed by atoms with Crippen LogP contribution in [0.2, 0.25) is 0 Å². The number of rotatable bonds is 6. The van der Waals surface area contributed by atoms with Crippen LogP contribution >= 0.6 is 24.0 Å². The summed E-state index contributed by atoms with van der Waals surface area (Å²) in [5.41, 5.74) is 1.31. The van der Waals surface area contributed by atoms with Gasteiger partial charge in [-0.25, -0.2) is 4.79 Å². The summed E-state index contributed by atoms with van der Waals surface area (Å²) in [6.07, 6.45) is 1.79. The van der Waals surface area contributed by atoms with Gasteiger partial charge in [-0.15, -0.1) is 0 Å². The highest BCUT2D eigenvalue weighted by Gasteiger charge is 2.41. The molecule has 1 heterocycles. The molecule has 1 aliphatic rings. The number of carboxylic acids is 1. The number of thiocarbonyl (C=S) groups is 1. The maximum absolute atomic E-state index is 12.9. The average molecular weight is 414 g/mol. The van der Waals surface area contributed by atoms with Gasteiger partial charge >= 0.3 is 5.97 Å². The van der Waals surface area contributed by atoms with Crippen molar-refractivity contribution in [1.82, 2.24) is 4.90 Å². The number of thioether (sulfide) groups is 1. The quantitative estimate of drug-likeness (QED) is 0.556. The molecule has 1 N–H and O–H groups in total. The predicted molar refractivity (Wildman–Crippen MR) is 114 cm³/mol. The molecular weight excluding hydrogens is 394 g/mol. The number of hydrogen-bond donors (Lipinski definition) is 1. The van der Waals surface area contributed by atoms with Gasteiger partial charge in [-0.1, -0.05) is 66.4 Å². The summed E-state index contributed by atoms with van der Waals surface area (Å²) in [4.78, 5) is 26.3. The van der Waals surface area contributed by atoms with Crippen LogP contribution in [0.5, 0.6) is 5.75 Å². The van der Waals surface area contributed by atoms with Crippen LogP contribution in [0, 0.1) is 0 Å². The molecule has 0 bridgehead atoms. The highest BCUT2D eigenvalue weighted by atomic mass is 32.2. The summed E-state index contributed by atoms with van der Waals surface area (Å²) in [6, 6.07) is 14.8. The first-order valence-corrected chi connectivity index (χ1v) is 9.91. The van der Waals surface area contributed by atoms with Crippen LogP contribution in [0.3, 0.4) is 0 Å². The standard InChI is InChI=1S/C21H19NO4S2/c1-13(2)26-16-10-8-14(9-11-16)12-17-19(23)22(21(27)28-17)18(20(24)25)15-6-4-3-5-7-15/h3-13,18H,1-2H3,(H,24,25)/b17-12-. The van der Waals surface area contributed by atoms with E-state index in [1.54, 1.807) is 36.4 Å². The molecule has 0 radical (unpaired) electrons. The predicted octanol–water partition coefficient (Wildman–Crippen LogP) is 4.50. The number of hydrogen-bond acceptors (Lipinski definition) is 5. The fourth-order valence-corrected chi connectivity index (χ4v) is 4.12. The Morgan fingerprint density at radius 1 is 1.14 bits per heavy atom. The number of carbonyl (C=O) groups is 2. The molecule has 28 heavy (non-hydrogen) atoms. The van der Waals surface area contributed by atoms with Gasteiger partial charge in [-0.3, -0.25) is 9.69 Å². The molecule has 1 fully saturated rings. The first kappa shape index (κ1) is 20.1. The second-order valence-electron chi connectivity index (χ2n) is 6.44. The lowest BCUT2D eigenvalue weighted by molar-refractivity contribution is -0.145. The van der Waals surface area contributed by atoms with Crippen molar-refractivity contribution in [3.63, 3.8) is 0 Å². The lowest BCUT2D eigenvalue weighted by Gasteiger charge is -2.23. The van der Waals surface area contributed by atoms with Gasteiger partial charge in [0, 0.05) is 0 Å². The SMILES string of the molecule is CC(C)Oc1ccc(/C=C2\SC(=S)N(C(C(=O)O)c3ccccc3)C2=O)cc1. The lowest BCUT2D eigenvalue weighted by Crippen LogP contribution is -2.37. The Labute approximate surface area is 173 Å².